The summed E-state index contributed by atoms with van der Waals surface area (Å²) >= 11 is 3.39. The molecule has 0 amide bonds. The number of ether oxygens (including phenoxy) is 1. The van der Waals surface area contributed by atoms with Crippen molar-refractivity contribution in [3.63, 3.8) is 0 Å². The van der Waals surface area contributed by atoms with Crippen molar-refractivity contribution in [2.24, 2.45) is 0 Å². The van der Waals surface area contributed by atoms with Crippen LogP contribution in [0.1, 0.15) is 12.0 Å². The van der Waals surface area contributed by atoms with Crippen LogP contribution >= 0.6 is 15.9 Å². The second kappa shape index (κ2) is 7.02. The molecule has 0 fully saturated rings. The molecule has 1 aromatic carbocycles. The summed E-state index contributed by atoms with van der Waals surface area (Å²) in [5, 5.41) is 0.978. The number of nitrogens with zero attached hydrogens (tertiary/aromatic N) is 1. The zero-order valence-corrected chi connectivity index (χ0v) is 13.3. The van der Waals surface area contributed by atoms with Crippen molar-refractivity contribution in [1.29, 1.82) is 0 Å². The zero-order chi connectivity index (χ0) is 14.5. The molecule has 0 saturated carbocycles. The van der Waals surface area contributed by atoms with E-state index in [2.05, 4.69) is 20.8 Å². The van der Waals surface area contributed by atoms with Crippen molar-refractivity contribution in [3.05, 3.63) is 44.7 Å². The van der Waals surface area contributed by atoms with Gasteiger partial charge < -0.3 is 14.1 Å². The molecule has 1 aromatic heterocycles. The molecule has 1 heterocycles. The smallest absolute Gasteiger partial charge is 0.336 e. The first-order chi connectivity index (χ1) is 9.60. The standard InChI is InChI=1S/C15H18BrNO3/c1-17(6-3-7-19-2)10-11-8-15(18)20-14-9-12(16)4-5-13(11)14/h4-5,8-9H,3,6-7,10H2,1-2H3. The molecule has 0 saturated heterocycles. The summed E-state index contributed by atoms with van der Waals surface area (Å²) < 4.78 is 11.2. The normalized spacial score (nSPS) is 11.4. The fourth-order valence-corrected chi connectivity index (χ4v) is 2.52. The average Bonchev–Trinajstić information content (AvgIpc) is 2.38. The fraction of sp³-hybridized carbons (Fsp3) is 0.400. The Morgan fingerprint density at radius 1 is 1.35 bits per heavy atom. The molecule has 2 aromatic rings. The minimum absolute atomic E-state index is 0.309. The maximum Gasteiger partial charge on any atom is 0.336 e. The topological polar surface area (TPSA) is 42.7 Å². The quantitative estimate of drug-likeness (QED) is 0.599. The monoisotopic (exact) mass is 339 g/mol. The molecule has 0 N–H and O–H groups in total. The van der Waals surface area contributed by atoms with E-state index in [0.29, 0.717) is 12.1 Å². The maximum atomic E-state index is 11.6. The van der Waals surface area contributed by atoms with Crippen LogP contribution in [0.3, 0.4) is 0 Å². The largest absolute Gasteiger partial charge is 0.423 e. The number of benzene rings is 1. The minimum atomic E-state index is -0.309. The summed E-state index contributed by atoms with van der Waals surface area (Å²) in [4.78, 5) is 13.8. The predicted molar refractivity (Wildman–Crippen MR) is 83.0 cm³/mol. The van der Waals surface area contributed by atoms with Gasteiger partial charge in [0.05, 0.1) is 0 Å². The molecule has 0 unspecified atom stereocenters. The molecule has 0 atom stereocenters. The SMILES string of the molecule is COCCCN(C)Cc1cc(=O)oc2cc(Br)ccc12. The Morgan fingerprint density at radius 2 is 2.15 bits per heavy atom. The summed E-state index contributed by atoms with van der Waals surface area (Å²) in [6, 6.07) is 7.33. The van der Waals surface area contributed by atoms with Crippen molar-refractivity contribution in [1.82, 2.24) is 4.90 Å². The van der Waals surface area contributed by atoms with Crippen LogP contribution in [0.25, 0.3) is 11.0 Å². The van der Waals surface area contributed by atoms with Crippen LogP contribution in [-0.2, 0) is 11.3 Å². The highest BCUT2D eigenvalue weighted by Gasteiger charge is 2.08. The van der Waals surface area contributed by atoms with E-state index in [1.165, 1.54) is 0 Å². The molecule has 0 bridgehead atoms. The Morgan fingerprint density at radius 3 is 2.90 bits per heavy atom. The van der Waals surface area contributed by atoms with Crippen molar-refractivity contribution in [2.75, 3.05) is 27.3 Å². The first-order valence-corrected chi connectivity index (χ1v) is 7.29. The lowest BCUT2D eigenvalue weighted by Crippen LogP contribution is -2.21. The Labute approximate surface area is 126 Å². The molecule has 0 radical (unpaired) electrons. The molecule has 20 heavy (non-hydrogen) atoms. The van der Waals surface area contributed by atoms with Gasteiger partial charge in [0.25, 0.3) is 0 Å². The number of halogens is 1. The number of fused-ring (bicyclic) bond motifs is 1. The lowest BCUT2D eigenvalue weighted by atomic mass is 10.1. The Bertz CT molecular complexity index is 639. The van der Waals surface area contributed by atoms with Gasteiger partial charge >= 0.3 is 5.63 Å². The van der Waals surface area contributed by atoms with E-state index in [0.717, 1.165) is 35.0 Å². The van der Waals surface area contributed by atoms with Gasteiger partial charge in [-0.1, -0.05) is 15.9 Å². The molecule has 0 aliphatic rings. The lowest BCUT2D eigenvalue weighted by molar-refractivity contribution is 0.178. The van der Waals surface area contributed by atoms with Crippen LogP contribution in [-0.4, -0.2) is 32.2 Å². The zero-order valence-electron chi connectivity index (χ0n) is 11.7. The first kappa shape index (κ1) is 15.2. The molecular formula is C15H18BrNO3. The van der Waals surface area contributed by atoms with Gasteiger partial charge in [0.1, 0.15) is 5.58 Å². The molecule has 0 aliphatic heterocycles. The second-order valence-corrected chi connectivity index (χ2v) is 5.73. The number of hydrogen-bond donors (Lipinski definition) is 0. The van der Waals surface area contributed by atoms with E-state index in [9.17, 15) is 4.79 Å². The summed E-state index contributed by atoms with van der Waals surface area (Å²) in [6.07, 6.45) is 0.970. The third-order valence-corrected chi connectivity index (χ3v) is 3.61. The number of rotatable bonds is 6. The van der Waals surface area contributed by atoms with Gasteiger partial charge in [-0.25, -0.2) is 4.79 Å². The lowest BCUT2D eigenvalue weighted by Gasteiger charge is -2.17. The molecule has 0 aliphatic carbocycles. The van der Waals surface area contributed by atoms with Gasteiger partial charge in [-0.3, -0.25) is 0 Å². The van der Waals surface area contributed by atoms with Gasteiger partial charge in [0.15, 0.2) is 0 Å². The van der Waals surface area contributed by atoms with Crippen LogP contribution in [0.5, 0.6) is 0 Å². The van der Waals surface area contributed by atoms with Crippen LogP contribution < -0.4 is 5.63 Å². The van der Waals surface area contributed by atoms with Crippen molar-refractivity contribution in [3.8, 4) is 0 Å². The Kier molecular flexibility index (Phi) is 5.34. The summed E-state index contributed by atoms with van der Waals surface area (Å²) in [6.45, 7) is 2.38. The summed E-state index contributed by atoms with van der Waals surface area (Å²) in [5.74, 6) is 0. The van der Waals surface area contributed by atoms with Gasteiger partial charge in [-0.2, -0.15) is 0 Å². The van der Waals surface area contributed by atoms with Gasteiger partial charge in [-0.05, 0) is 37.2 Å². The van der Waals surface area contributed by atoms with Gasteiger partial charge in [-0.15, -0.1) is 0 Å². The molecule has 108 valence electrons. The highest BCUT2D eigenvalue weighted by Crippen LogP contribution is 2.22. The van der Waals surface area contributed by atoms with Crippen molar-refractivity contribution >= 4 is 26.9 Å². The van der Waals surface area contributed by atoms with Gasteiger partial charge in [0, 0.05) is 42.7 Å². The first-order valence-electron chi connectivity index (χ1n) is 6.50. The third kappa shape index (κ3) is 3.91. The van der Waals surface area contributed by atoms with Crippen molar-refractivity contribution < 1.29 is 9.15 Å². The van der Waals surface area contributed by atoms with Crippen LogP contribution in [0.2, 0.25) is 0 Å². The minimum Gasteiger partial charge on any atom is -0.423 e. The predicted octanol–water partition coefficient (Wildman–Crippen LogP) is 3.02. The highest BCUT2D eigenvalue weighted by atomic mass is 79.9. The second-order valence-electron chi connectivity index (χ2n) is 4.82. The van der Waals surface area contributed by atoms with Crippen LogP contribution in [0.4, 0.5) is 0 Å². The maximum absolute atomic E-state index is 11.6. The summed E-state index contributed by atoms with van der Waals surface area (Å²) in [7, 11) is 3.74. The fourth-order valence-electron chi connectivity index (χ4n) is 2.18. The molecular weight excluding hydrogens is 322 g/mol. The molecule has 4 nitrogen and oxygen atoms in total. The van der Waals surface area contributed by atoms with E-state index in [-0.39, 0.29) is 5.63 Å². The van der Waals surface area contributed by atoms with E-state index in [4.69, 9.17) is 9.15 Å². The van der Waals surface area contributed by atoms with Gasteiger partial charge in [0.2, 0.25) is 0 Å². The van der Waals surface area contributed by atoms with Crippen LogP contribution in [0, 0.1) is 0 Å². The third-order valence-electron chi connectivity index (χ3n) is 3.12. The molecule has 2 rings (SSSR count). The van der Waals surface area contributed by atoms with E-state index in [1.807, 2.05) is 25.2 Å². The number of methoxy groups -OCH3 is 1. The van der Waals surface area contributed by atoms with Crippen LogP contribution in [0.15, 0.2) is 37.9 Å². The molecule has 0 spiro atoms. The van der Waals surface area contributed by atoms with Crippen molar-refractivity contribution in [2.45, 2.75) is 13.0 Å². The van der Waals surface area contributed by atoms with E-state index < -0.39 is 0 Å². The summed E-state index contributed by atoms with van der Waals surface area (Å²) in [5.41, 5.74) is 1.30. The highest BCUT2D eigenvalue weighted by molar-refractivity contribution is 9.10. The Balaban J connectivity index is 2.23. The Hall–Kier alpha value is -1.17. The van der Waals surface area contributed by atoms with E-state index >= 15 is 0 Å². The van der Waals surface area contributed by atoms with E-state index in [1.54, 1.807) is 13.2 Å². The number of hydrogen-bond acceptors (Lipinski definition) is 4. The molecule has 5 heteroatoms. The average molecular weight is 340 g/mol.